The summed E-state index contributed by atoms with van der Waals surface area (Å²) in [4.78, 5) is 30.1. The molecule has 0 aliphatic carbocycles. The lowest BCUT2D eigenvalue weighted by molar-refractivity contribution is -0.192. The second-order valence-electron chi connectivity index (χ2n) is 7.55. The number of rotatable bonds is 7. The Morgan fingerprint density at radius 3 is 2.48 bits per heavy atom. The largest absolute Gasteiger partial charge is 0.490 e. The number of fused-ring (bicyclic) bond motifs is 1. The molecule has 0 fully saturated rings. The molecule has 1 aromatic heterocycles. The molecule has 1 amide bonds. The fraction of sp³-hybridized carbons (Fsp3) is 0.348. The molecular formula is C23H27F3N4O3. The highest BCUT2D eigenvalue weighted by molar-refractivity contribution is 6.02. The number of carbonyl (C=O) groups is 2. The summed E-state index contributed by atoms with van der Waals surface area (Å²) in [7, 11) is 3.98. The first kappa shape index (κ1) is 26.0. The van der Waals surface area contributed by atoms with E-state index in [-0.39, 0.29) is 5.91 Å². The van der Waals surface area contributed by atoms with Gasteiger partial charge in [-0.2, -0.15) is 13.2 Å². The van der Waals surface area contributed by atoms with Crippen LogP contribution in [-0.2, 0) is 29.1 Å². The maximum Gasteiger partial charge on any atom is 0.490 e. The van der Waals surface area contributed by atoms with Gasteiger partial charge in [-0.1, -0.05) is 24.3 Å². The maximum atomic E-state index is 12.9. The van der Waals surface area contributed by atoms with E-state index in [1.807, 2.05) is 60.3 Å². The number of carboxylic acid groups (broad SMARTS) is 1. The summed E-state index contributed by atoms with van der Waals surface area (Å²) in [5, 5.41) is 10.5. The van der Waals surface area contributed by atoms with Crippen molar-refractivity contribution in [3.05, 3.63) is 71.6 Å². The summed E-state index contributed by atoms with van der Waals surface area (Å²) < 4.78 is 31.7. The zero-order valence-corrected chi connectivity index (χ0v) is 18.5. The van der Waals surface area contributed by atoms with Crippen LogP contribution in [0.15, 0.2) is 54.7 Å². The third kappa shape index (κ3) is 8.32. The number of benzene rings is 1. The molecule has 0 unspecified atom stereocenters. The first-order valence-corrected chi connectivity index (χ1v) is 10.2. The molecule has 2 N–H and O–H groups in total. The van der Waals surface area contributed by atoms with Crippen LogP contribution in [0.5, 0.6) is 0 Å². The van der Waals surface area contributed by atoms with Crippen LogP contribution >= 0.6 is 0 Å². The zero-order chi connectivity index (χ0) is 24.4. The Hall–Kier alpha value is -3.24. The molecule has 7 nitrogen and oxygen atoms in total. The summed E-state index contributed by atoms with van der Waals surface area (Å²) in [6, 6.07) is 12.1. The molecule has 0 spiro atoms. The fourth-order valence-electron chi connectivity index (χ4n) is 3.14. The van der Waals surface area contributed by atoms with Crippen LogP contribution in [0.25, 0.3) is 0 Å². The van der Waals surface area contributed by atoms with Crippen LogP contribution < -0.4 is 10.2 Å². The van der Waals surface area contributed by atoms with Crippen molar-refractivity contribution in [1.82, 2.24) is 15.2 Å². The normalized spacial score (nSPS) is 12.9. The van der Waals surface area contributed by atoms with E-state index < -0.39 is 12.1 Å². The molecule has 0 saturated carbocycles. The molecule has 0 bridgehead atoms. The Morgan fingerprint density at radius 1 is 1.15 bits per heavy atom. The SMILES string of the molecule is CN(C)C/C=C/C(=O)N(CCc1ccccn1)c1cccc2c1CNC2.O=C(O)C(F)(F)F. The van der Waals surface area contributed by atoms with Gasteiger partial charge in [-0.15, -0.1) is 0 Å². The van der Waals surface area contributed by atoms with Gasteiger partial charge in [0.15, 0.2) is 0 Å². The summed E-state index contributed by atoms with van der Waals surface area (Å²) >= 11 is 0. The van der Waals surface area contributed by atoms with E-state index in [4.69, 9.17) is 9.90 Å². The number of nitrogens with zero attached hydrogens (tertiary/aromatic N) is 3. The van der Waals surface area contributed by atoms with E-state index in [1.165, 1.54) is 11.1 Å². The predicted molar refractivity (Wildman–Crippen MR) is 119 cm³/mol. The van der Waals surface area contributed by atoms with Crippen molar-refractivity contribution in [3.8, 4) is 0 Å². The number of halogens is 3. The number of nitrogens with one attached hydrogen (secondary N) is 1. The number of alkyl halides is 3. The van der Waals surface area contributed by atoms with Gasteiger partial charge in [0.1, 0.15) is 0 Å². The molecule has 1 aliphatic rings. The topological polar surface area (TPSA) is 85.8 Å². The van der Waals surface area contributed by atoms with E-state index in [2.05, 4.69) is 16.4 Å². The first-order valence-electron chi connectivity index (χ1n) is 10.2. The van der Waals surface area contributed by atoms with Gasteiger partial charge < -0.3 is 20.2 Å². The van der Waals surface area contributed by atoms with Crippen LogP contribution in [0.4, 0.5) is 18.9 Å². The highest BCUT2D eigenvalue weighted by atomic mass is 19.4. The molecule has 1 aromatic carbocycles. The van der Waals surface area contributed by atoms with E-state index in [1.54, 1.807) is 12.3 Å². The second kappa shape index (κ2) is 12.1. The number of pyridine rings is 1. The number of likely N-dealkylation sites (N-methyl/N-ethyl adjacent to an activating group) is 1. The van der Waals surface area contributed by atoms with Gasteiger partial charge in [0.25, 0.3) is 5.91 Å². The quantitative estimate of drug-likeness (QED) is 0.613. The summed E-state index contributed by atoms with van der Waals surface area (Å²) in [6.45, 7) is 3.02. The van der Waals surface area contributed by atoms with Crippen molar-refractivity contribution in [2.24, 2.45) is 0 Å². The average Bonchev–Trinajstić information content (AvgIpc) is 3.24. The summed E-state index contributed by atoms with van der Waals surface area (Å²) in [5.41, 5.74) is 4.49. The van der Waals surface area contributed by atoms with Crippen molar-refractivity contribution in [2.45, 2.75) is 25.7 Å². The highest BCUT2D eigenvalue weighted by Gasteiger charge is 2.38. The maximum absolute atomic E-state index is 12.9. The minimum absolute atomic E-state index is 0.0167. The Morgan fingerprint density at radius 2 is 1.88 bits per heavy atom. The summed E-state index contributed by atoms with van der Waals surface area (Å²) in [6.07, 6.45) is 1.03. The van der Waals surface area contributed by atoms with Gasteiger partial charge in [-0.05, 0) is 43.4 Å². The number of carboxylic acids is 1. The third-order valence-corrected chi connectivity index (χ3v) is 4.71. The third-order valence-electron chi connectivity index (χ3n) is 4.71. The molecular weight excluding hydrogens is 437 g/mol. The van der Waals surface area contributed by atoms with E-state index in [0.29, 0.717) is 6.54 Å². The van der Waals surface area contributed by atoms with Crippen LogP contribution in [0.2, 0.25) is 0 Å². The van der Waals surface area contributed by atoms with Crippen LogP contribution in [0.1, 0.15) is 16.8 Å². The number of carbonyl (C=O) groups excluding carboxylic acids is 1. The Bertz CT molecular complexity index is 963. The average molecular weight is 464 g/mol. The van der Waals surface area contributed by atoms with Crippen LogP contribution in [0.3, 0.4) is 0 Å². The minimum atomic E-state index is -5.08. The van der Waals surface area contributed by atoms with Crippen molar-refractivity contribution < 1.29 is 27.9 Å². The van der Waals surface area contributed by atoms with Gasteiger partial charge in [-0.3, -0.25) is 9.78 Å². The number of aromatic nitrogens is 1. The monoisotopic (exact) mass is 464 g/mol. The molecule has 1 aliphatic heterocycles. The number of aliphatic carboxylic acids is 1. The lowest BCUT2D eigenvalue weighted by atomic mass is 10.1. The molecule has 2 aromatic rings. The van der Waals surface area contributed by atoms with Gasteiger partial charge >= 0.3 is 12.1 Å². The smallest absolute Gasteiger partial charge is 0.475 e. The van der Waals surface area contributed by atoms with E-state index >= 15 is 0 Å². The van der Waals surface area contributed by atoms with Crippen molar-refractivity contribution in [2.75, 3.05) is 32.1 Å². The van der Waals surface area contributed by atoms with Crippen LogP contribution in [0, 0.1) is 0 Å². The molecule has 2 heterocycles. The molecule has 10 heteroatoms. The molecule has 0 radical (unpaired) electrons. The van der Waals surface area contributed by atoms with Gasteiger partial charge in [0.05, 0.1) is 0 Å². The number of hydrogen-bond donors (Lipinski definition) is 2. The van der Waals surface area contributed by atoms with Crippen molar-refractivity contribution in [1.29, 1.82) is 0 Å². The minimum Gasteiger partial charge on any atom is -0.475 e. The molecule has 33 heavy (non-hydrogen) atoms. The van der Waals surface area contributed by atoms with E-state index in [9.17, 15) is 18.0 Å². The fourth-order valence-corrected chi connectivity index (χ4v) is 3.14. The van der Waals surface area contributed by atoms with Crippen molar-refractivity contribution >= 4 is 17.6 Å². The Balaban J connectivity index is 0.000000479. The molecule has 178 valence electrons. The standard InChI is InChI=1S/C21H26N4O.C2HF3O2/c1-24(2)13-6-10-21(26)25(14-11-18-8-3-4-12-23-18)20-9-5-7-17-15-22-16-19(17)20;3-2(4,5)1(6)7/h3-10,12,22H,11,13-16H2,1-2H3;(H,6,7)/b10-6+;. The Labute approximate surface area is 190 Å². The van der Waals surface area contributed by atoms with Gasteiger partial charge in [0.2, 0.25) is 0 Å². The molecule has 0 saturated heterocycles. The lowest BCUT2D eigenvalue weighted by Crippen LogP contribution is -2.32. The first-order chi connectivity index (χ1) is 15.6. The predicted octanol–water partition coefficient (Wildman–Crippen LogP) is 3.01. The number of hydrogen-bond acceptors (Lipinski definition) is 5. The molecule has 3 rings (SSSR count). The van der Waals surface area contributed by atoms with Gasteiger partial charge in [0, 0.05) is 56.3 Å². The number of anilines is 1. The van der Waals surface area contributed by atoms with Crippen LogP contribution in [-0.4, -0.2) is 60.2 Å². The van der Waals surface area contributed by atoms with Crippen molar-refractivity contribution in [3.63, 3.8) is 0 Å². The number of amides is 1. The Kier molecular flexibility index (Phi) is 9.56. The summed E-state index contributed by atoms with van der Waals surface area (Å²) in [5.74, 6) is -2.74. The molecule has 0 atom stereocenters. The zero-order valence-electron chi connectivity index (χ0n) is 18.5. The van der Waals surface area contributed by atoms with Gasteiger partial charge in [-0.25, -0.2) is 4.79 Å². The van der Waals surface area contributed by atoms with E-state index in [0.717, 1.165) is 37.4 Å². The lowest BCUT2D eigenvalue weighted by Gasteiger charge is -2.24. The highest BCUT2D eigenvalue weighted by Crippen LogP contribution is 2.28. The second-order valence-corrected chi connectivity index (χ2v) is 7.55.